The number of rotatable bonds is 3. The van der Waals surface area contributed by atoms with E-state index in [1.165, 1.54) is 6.92 Å². The van der Waals surface area contributed by atoms with Gasteiger partial charge < -0.3 is 14.5 Å². The minimum absolute atomic E-state index is 0.0240. The molecule has 0 spiro atoms. The van der Waals surface area contributed by atoms with E-state index in [4.69, 9.17) is 4.84 Å². The third-order valence-corrected chi connectivity index (χ3v) is 5.75. The summed E-state index contributed by atoms with van der Waals surface area (Å²) < 4.78 is 2.03. The van der Waals surface area contributed by atoms with Gasteiger partial charge in [-0.15, -0.1) is 0 Å². The molecule has 0 fully saturated rings. The highest BCUT2D eigenvalue weighted by Gasteiger charge is 2.29. The number of hydrogen-bond acceptors (Lipinski definition) is 5. The lowest BCUT2D eigenvalue weighted by Gasteiger charge is -2.22. The molecule has 0 saturated heterocycles. The Bertz CT molecular complexity index is 1410. The monoisotopic (exact) mass is 412 g/mol. The molecule has 4 aromatic rings. The number of aromatic nitrogens is 1. The lowest BCUT2D eigenvalue weighted by atomic mass is 9.97. The van der Waals surface area contributed by atoms with Crippen molar-refractivity contribution < 1.29 is 19.5 Å². The van der Waals surface area contributed by atoms with Crippen LogP contribution in [0.5, 0.6) is 0 Å². The van der Waals surface area contributed by atoms with Crippen LogP contribution in [0.3, 0.4) is 0 Å². The minimum atomic E-state index is -0.915. The maximum absolute atomic E-state index is 13.1. The van der Waals surface area contributed by atoms with Crippen molar-refractivity contribution in [1.82, 2.24) is 4.57 Å². The summed E-state index contributed by atoms with van der Waals surface area (Å²) in [5.74, 6) is -0.568. The Labute approximate surface area is 178 Å². The second kappa shape index (κ2) is 7.18. The van der Waals surface area contributed by atoms with Gasteiger partial charge in [0.25, 0.3) is 0 Å². The Morgan fingerprint density at radius 3 is 2.65 bits per heavy atom. The second-order valence-corrected chi connectivity index (χ2v) is 7.76. The van der Waals surface area contributed by atoms with E-state index >= 15 is 0 Å². The van der Waals surface area contributed by atoms with Crippen molar-refractivity contribution >= 4 is 39.3 Å². The number of oxime groups is 1. The largest absolute Gasteiger partial charge is 0.385 e. The summed E-state index contributed by atoms with van der Waals surface area (Å²) in [5, 5.41) is 16.5. The predicted octanol–water partition coefficient (Wildman–Crippen LogP) is 3.98. The average Bonchev–Trinajstić information content (AvgIpc) is 3.07. The first-order chi connectivity index (χ1) is 15.0. The molecule has 0 radical (unpaired) electrons. The molecule has 5 rings (SSSR count). The van der Waals surface area contributed by atoms with Gasteiger partial charge in [-0.25, -0.2) is 4.79 Å². The molecule has 31 heavy (non-hydrogen) atoms. The maximum Gasteiger partial charge on any atom is 0.331 e. The van der Waals surface area contributed by atoms with Gasteiger partial charge in [-0.1, -0.05) is 47.6 Å². The van der Waals surface area contributed by atoms with Crippen LogP contribution in [0, 0.1) is 6.92 Å². The van der Waals surface area contributed by atoms with Crippen molar-refractivity contribution in [3.8, 4) is 0 Å². The molecular formula is C25H20N2O4. The molecule has 154 valence electrons. The Hall–Kier alpha value is -3.77. The smallest absolute Gasteiger partial charge is 0.331 e. The van der Waals surface area contributed by atoms with Crippen molar-refractivity contribution in [2.24, 2.45) is 5.16 Å². The molecule has 6 heteroatoms. The van der Waals surface area contributed by atoms with Crippen molar-refractivity contribution in [3.63, 3.8) is 0 Å². The van der Waals surface area contributed by atoms with Gasteiger partial charge in [0.15, 0.2) is 5.78 Å². The Morgan fingerprint density at radius 1 is 1.06 bits per heavy atom. The number of aliphatic hydroxyl groups is 1. The van der Waals surface area contributed by atoms with Gasteiger partial charge in [-0.05, 0) is 30.7 Å². The van der Waals surface area contributed by atoms with Crippen LogP contribution in [0.25, 0.3) is 21.8 Å². The van der Waals surface area contributed by atoms with E-state index < -0.39 is 12.1 Å². The molecule has 0 aliphatic carbocycles. The molecule has 0 amide bonds. The molecular weight excluding hydrogens is 392 g/mol. The maximum atomic E-state index is 13.1. The number of aryl methyl sites for hydroxylation is 1. The number of benzene rings is 3. The molecule has 1 N–H and O–H groups in total. The van der Waals surface area contributed by atoms with Gasteiger partial charge in [0.1, 0.15) is 11.8 Å². The zero-order valence-electron chi connectivity index (χ0n) is 17.1. The van der Waals surface area contributed by atoms with Gasteiger partial charge in [0.05, 0.1) is 12.1 Å². The van der Waals surface area contributed by atoms with Crippen molar-refractivity contribution in [1.29, 1.82) is 0 Å². The molecule has 0 saturated carbocycles. The van der Waals surface area contributed by atoms with Crippen molar-refractivity contribution in [2.45, 2.75) is 26.5 Å². The Balaban J connectivity index is 1.71. The molecule has 2 heterocycles. The van der Waals surface area contributed by atoms with Crippen LogP contribution in [0.15, 0.2) is 65.8 Å². The number of fused-ring (bicyclic) bond motifs is 3. The predicted molar refractivity (Wildman–Crippen MR) is 118 cm³/mol. The van der Waals surface area contributed by atoms with E-state index in [0.717, 1.165) is 27.4 Å². The van der Waals surface area contributed by atoms with Gasteiger partial charge >= 0.3 is 5.97 Å². The Morgan fingerprint density at radius 2 is 1.87 bits per heavy atom. The van der Waals surface area contributed by atoms with Gasteiger partial charge in [0.2, 0.25) is 0 Å². The van der Waals surface area contributed by atoms with Crippen LogP contribution >= 0.6 is 0 Å². The summed E-state index contributed by atoms with van der Waals surface area (Å²) in [4.78, 5) is 29.2. The Kier molecular flexibility index (Phi) is 4.45. The van der Waals surface area contributed by atoms with Crippen LogP contribution in [0.2, 0.25) is 0 Å². The van der Waals surface area contributed by atoms with E-state index in [2.05, 4.69) is 5.16 Å². The first kappa shape index (κ1) is 19.2. The van der Waals surface area contributed by atoms with Gasteiger partial charge in [-0.3, -0.25) is 4.79 Å². The first-order valence-corrected chi connectivity index (χ1v) is 10.0. The molecule has 1 aliphatic rings. The first-order valence-electron chi connectivity index (χ1n) is 10.0. The minimum Gasteiger partial charge on any atom is -0.385 e. The highest BCUT2D eigenvalue weighted by Crippen LogP contribution is 2.36. The zero-order valence-corrected chi connectivity index (χ0v) is 17.1. The van der Waals surface area contributed by atoms with Crippen molar-refractivity contribution in [2.75, 3.05) is 0 Å². The van der Waals surface area contributed by atoms with E-state index in [9.17, 15) is 14.7 Å². The van der Waals surface area contributed by atoms with Crippen LogP contribution in [0.1, 0.15) is 34.0 Å². The molecule has 1 atom stereocenters. The summed E-state index contributed by atoms with van der Waals surface area (Å²) in [5.41, 5.74) is 5.09. The number of para-hydroxylation sites is 1. The number of carbonyl (C=O) groups excluding carboxylic acids is 2. The molecule has 1 aromatic heterocycles. The number of aliphatic hydroxyl groups excluding tert-OH is 1. The van der Waals surface area contributed by atoms with Crippen LogP contribution < -0.4 is 0 Å². The van der Waals surface area contributed by atoms with Crippen molar-refractivity contribution in [3.05, 3.63) is 82.9 Å². The van der Waals surface area contributed by atoms with Crippen LogP contribution in [-0.4, -0.2) is 33.2 Å². The quantitative estimate of drug-likeness (QED) is 0.314. The third-order valence-electron chi connectivity index (χ3n) is 5.75. The van der Waals surface area contributed by atoms with Crippen LogP contribution in [-0.2, 0) is 16.2 Å². The normalized spacial score (nSPS) is 16.7. The van der Waals surface area contributed by atoms with E-state index in [1.807, 2.05) is 72.2 Å². The molecule has 6 nitrogen and oxygen atoms in total. The van der Waals surface area contributed by atoms with Gasteiger partial charge in [0, 0.05) is 39.9 Å². The molecule has 1 aliphatic heterocycles. The summed E-state index contributed by atoms with van der Waals surface area (Å²) in [6, 6.07) is 18.9. The summed E-state index contributed by atoms with van der Waals surface area (Å²) in [6.45, 7) is 3.48. The average molecular weight is 412 g/mol. The summed E-state index contributed by atoms with van der Waals surface area (Å²) in [6.07, 6.45) is -0.915. The topological polar surface area (TPSA) is 80.9 Å². The number of nitrogens with zero attached hydrogens (tertiary/aromatic N) is 2. The fourth-order valence-electron chi connectivity index (χ4n) is 4.34. The lowest BCUT2D eigenvalue weighted by Crippen LogP contribution is -2.31. The van der Waals surface area contributed by atoms with Crippen LogP contribution in [0.4, 0.5) is 0 Å². The van der Waals surface area contributed by atoms with E-state index in [-0.39, 0.29) is 12.3 Å². The molecule has 0 bridgehead atoms. The molecule has 1 unspecified atom stereocenters. The SMILES string of the molecule is CC(=O)O/N=C1/c2cccc3c4cc(C(=O)c5ccccc5C)ccc4n(c23)CC1O. The van der Waals surface area contributed by atoms with E-state index in [1.54, 1.807) is 0 Å². The van der Waals surface area contributed by atoms with E-state index in [0.29, 0.717) is 22.4 Å². The number of hydrogen-bond donors (Lipinski definition) is 1. The number of carbonyl (C=O) groups is 2. The highest BCUT2D eigenvalue weighted by molar-refractivity contribution is 6.21. The second-order valence-electron chi connectivity index (χ2n) is 7.76. The zero-order chi connectivity index (χ0) is 21.7. The van der Waals surface area contributed by atoms with Gasteiger partial charge in [-0.2, -0.15) is 0 Å². The summed E-state index contributed by atoms with van der Waals surface area (Å²) in [7, 11) is 0. The standard InChI is InChI=1S/C25H20N2O4/c1-14-6-3-4-7-17(14)25(30)16-10-11-21-20(12-16)18-8-5-9-19-23(26-31-15(2)28)22(29)13-27(21)24(18)19/h3-12,22,29H,13H2,1-2H3/b26-23-. The lowest BCUT2D eigenvalue weighted by molar-refractivity contribution is -0.141. The fraction of sp³-hybridized carbons (Fsp3) is 0.160. The highest BCUT2D eigenvalue weighted by atomic mass is 16.7. The third kappa shape index (κ3) is 3.04. The summed E-state index contributed by atoms with van der Waals surface area (Å²) >= 11 is 0. The number of ketones is 1. The fourth-order valence-corrected chi connectivity index (χ4v) is 4.34. The molecule has 3 aromatic carbocycles.